The Balaban J connectivity index is 1.51. The lowest BCUT2D eigenvalue weighted by atomic mass is 10.1. The van der Waals surface area contributed by atoms with Crippen LogP contribution in [0.25, 0.3) is 0 Å². The van der Waals surface area contributed by atoms with Gasteiger partial charge >= 0.3 is 0 Å². The zero-order valence-corrected chi connectivity index (χ0v) is 21.2. The van der Waals surface area contributed by atoms with Gasteiger partial charge in [-0.1, -0.05) is 36.8 Å². The number of amides is 1. The lowest BCUT2D eigenvalue weighted by molar-refractivity contribution is 0.0784. The van der Waals surface area contributed by atoms with Crippen molar-refractivity contribution in [3.05, 3.63) is 77.6 Å². The molecular formula is C26H32N4O4S. The van der Waals surface area contributed by atoms with E-state index in [0.717, 1.165) is 30.4 Å². The van der Waals surface area contributed by atoms with Gasteiger partial charge in [-0.3, -0.25) is 9.48 Å². The van der Waals surface area contributed by atoms with Gasteiger partial charge in [-0.2, -0.15) is 9.40 Å². The minimum absolute atomic E-state index is 0.0312. The number of piperidine rings is 1. The van der Waals surface area contributed by atoms with Gasteiger partial charge in [0.25, 0.3) is 5.91 Å². The Hall–Kier alpha value is -3.17. The third-order valence-electron chi connectivity index (χ3n) is 6.38. The number of hydrogen-bond donors (Lipinski definition) is 0. The van der Waals surface area contributed by atoms with E-state index in [-0.39, 0.29) is 22.6 Å². The van der Waals surface area contributed by atoms with Crippen molar-refractivity contribution in [3.8, 4) is 5.75 Å². The fraction of sp³-hybridized carbons (Fsp3) is 0.385. The SMILES string of the molecule is COc1ccc(C(=O)N(C)Cc2cnn(Cc3ccccc3)c2)cc1S(=O)(=O)N1CCCC[C@@H]1C. The first-order valence-electron chi connectivity index (χ1n) is 11.8. The Labute approximate surface area is 207 Å². The van der Waals surface area contributed by atoms with Gasteiger partial charge in [0.1, 0.15) is 10.6 Å². The highest BCUT2D eigenvalue weighted by molar-refractivity contribution is 7.89. The molecule has 0 radical (unpaired) electrons. The lowest BCUT2D eigenvalue weighted by Gasteiger charge is -2.32. The number of ether oxygens (including phenoxy) is 1. The maximum atomic E-state index is 13.5. The standard InChI is InChI=1S/C26H32N4O4S/c1-20-9-7-8-14-30(20)35(32,33)25-15-23(12-13-24(25)34-3)26(31)28(2)17-22-16-27-29(19-22)18-21-10-5-4-6-11-21/h4-6,10-13,15-16,19-20H,7-9,14,17-18H2,1-3H3/t20-/m0/s1. The molecule has 1 aliphatic heterocycles. The van der Waals surface area contributed by atoms with E-state index in [1.54, 1.807) is 30.3 Å². The maximum absolute atomic E-state index is 13.5. The summed E-state index contributed by atoms with van der Waals surface area (Å²) in [7, 11) is -0.661. The summed E-state index contributed by atoms with van der Waals surface area (Å²) in [6.07, 6.45) is 6.31. The van der Waals surface area contributed by atoms with Crippen LogP contribution in [0.2, 0.25) is 0 Å². The van der Waals surface area contributed by atoms with Gasteiger partial charge in [0.15, 0.2) is 0 Å². The summed E-state index contributed by atoms with van der Waals surface area (Å²) in [6, 6.07) is 14.5. The van der Waals surface area contributed by atoms with Gasteiger partial charge in [-0.05, 0) is 43.5 Å². The smallest absolute Gasteiger partial charge is 0.253 e. The minimum atomic E-state index is -3.80. The molecule has 0 aliphatic carbocycles. The van der Waals surface area contributed by atoms with Crippen molar-refractivity contribution in [3.63, 3.8) is 0 Å². The van der Waals surface area contributed by atoms with Crippen molar-refractivity contribution < 1.29 is 17.9 Å². The van der Waals surface area contributed by atoms with Crippen LogP contribution >= 0.6 is 0 Å². The number of hydrogen-bond acceptors (Lipinski definition) is 5. The molecule has 186 valence electrons. The molecule has 1 atom stereocenters. The Morgan fingerprint density at radius 2 is 1.91 bits per heavy atom. The summed E-state index contributed by atoms with van der Waals surface area (Å²) in [6.45, 7) is 3.39. The zero-order valence-electron chi connectivity index (χ0n) is 20.4. The number of sulfonamides is 1. The van der Waals surface area contributed by atoms with Crippen LogP contribution in [0, 0.1) is 0 Å². The summed E-state index contributed by atoms with van der Waals surface area (Å²) in [5.74, 6) is -0.0317. The molecule has 1 aromatic heterocycles. The summed E-state index contributed by atoms with van der Waals surface area (Å²) >= 11 is 0. The van der Waals surface area contributed by atoms with Crippen molar-refractivity contribution >= 4 is 15.9 Å². The first kappa shape index (κ1) is 24.9. The van der Waals surface area contributed by atoms with Gasteiger partial charge in [-0.15, -0.1) is 0 Å². The van der Waals surface area contributed by atoms with Crippen LogP contribution in [0.3, 0.4) is 0 Å². The molecule has 1 amide bonds. The predicted octanol–water partition coefficient (Wildman–Crippen LogP) is 3.78. The van der Waals surface area contributed by atoms with Gasteiger partial charge < -0.3 is 9.64 Å². The highest BCUT2D eigenvalue weighted by Crippen LogP contribution is 2.32. The number of nitrogens with zero attached hydrogens (tertiary/aromatic N) is 4. The first-order chi connectivity index (χ1) is 16.8. The van der Waals surface area contributed by atoms with Crippen molar-refractivity contribution in [2.24, 2.45) is 0 Å². The van der Waals surface area contributed by atoms with Gasteiger partial charge in [0, 0.05) is 43.5 Å². The molecule has 0 spiro atoms. The summed E-state index contributed by atoms with van der Waals surface area (Å²) in [5, 5.41) is 4.40. The van der Waals surface area contributed by atoms with E-state index >= 15 is 0 Å². The molecule has 1 aliphatic rings. The van der Waals surface area contributed by atoms with Gasteiger partial charge in [0.05, 0.1) is 19.9 Å². The number of aromatic nitrogens is 2. The highest BCUT2D eigenvalue weighted by atomic mass is 32.2. The second-order valence-corrected chi connectivity index (χ2v) is 10.9. The van der Waals surface area contributed by atoms with Crippen LogP contribution in [-0.4, -0.2) is 60.1 Å². The molecule has 1 fully saturated rings. The Morgan fingerprint density at radius 1 is 1.14 bits per heavy atom. The maximum Gasteiger partial charge on any atom is 0.253 e. The molecule has 2 heterocycles. The van der Waals surface area contributed by atoms with Crippen molar-refractivity contribution in [1.82, 2.24) is 19.0 Å². The average Bonchev–Trinajstić information content (AvgIpc) is 3.30. The Morgan fingerprint density at radius 3 is 2.63 bits per heavy atom. The van der Waals surface area contributed by atoms with E-state index in [1.165, 1.54) is 17.5 Å². The fourth-order valence-corrected chi connectivity index (χ4v) is 6.36. The normalized spacial score (nSPS) is 16.7. The summed E-state index contributed by atoms with van der Waals surface area (Å²) in [4.78, 5) is 14.8. The van der Waals surface area contributed by atoms with Crippen LogP contribution in [0.4, 0.5) is 0 Å². The second-order valence-electron chi connectivity index (χ2n) is 9.02. The second kappa shape index (κ2) is 10.6. The van der Waals surface area contributed by atoms with E-state index < -0.39 is 10.0 Å². The number of carbonyl (C=O) groups is 1. The largest absolute Gasteiger partial charge is 0.495 e. The number of rotatable bonds is 8. The zero-order chi connectivity index (χ0) is 25.0. The molecule has 8 nitrogen and oxygen atoms in total. The van der Waals surface area contributed by atoms with Crippen LogP contribution in [-0.2, 0) is 23.1 Å². The van der Waals surface area contributed by atoms with Crippen LogP contribution < -0.4 is 4.74 Å². The van der Waals surface area contributed by atoms with Gasteiger partial charge in [-0.25, -0.2) is 8.42 Å². The molecule has 0 bridgehead atoms. The third kappa shape index (κ3) is 5.57. The van der Waals surface area contributed by atoms with Crippen molar-refractivity contribution in [2.45, 2.75) is 50.2 Å². The van der Waals surface area contributed by atoms with Crippen LogP contribution in [0.1, 0.15) is 47.7 Å². The van der Waals surface area contributed by atoms with Crippen LogP contribution in [0.5, 0.6) is 5.75 Å². The lowest BCUT2D eigenvalue weighted by Crippen LogP contribution is -2.42. The third-order valence-corrected chi connectivity index (χ3v) is 8.41. The number of carbonyl (C=O) groups excluding carboxylic acids is 1. The quantitative estimate of drug-likeness (QED) is 0.474. The monoisotopic (exact) mass is 496 g/mol. The molecule has 3 aromatic rings. The molecule has 0 unspecified atom stereocenters. The summed E-state index contributed by atoms with van der Waals surface area (Å²) < 4.78 is 35.7. The fourth-order valence-electron chi connectivity index (χ4n) is 4.48. The van der Waals surface area contributed by atoms with Gasteiger partial charge in [0.2, 0.25) is 10.0 Å². The molecular weight excluding hydrogens is 464 g/mol. The number of methoxy groups -OCH3 is 1. The molecule has 0 saturated carbocycles. The highest BCUT2D eigenvalue weighted by Gasteiger charge is 2.33. The molecule has 1 saturated heterocycles. The minimum Gasteiger partial charge on any atom is -0.495 e. The van der Waals surface area contributed by atoms with E-state index in [4.69, 9.17) is 4.74 Å². The topological polar surface area (TPSA) is 84.7 Å². The molecule has 2 aromatic carbocycles. The predicted molar refractivity (Wildman–Crippen MR) is 134 cm³/mol. The van der Waals surface area contributed by atoms with Crippen molar-refractivity contribution in [1.29, 1.82) is 0 Å². The van der Waals surface area contributed by atoms with Crippen molar-refractivity contribution in [2.75, 3.05) is 20.7 Å². The van der Waals surface area contributed by atoms with E-state index in [9.17, 15) is 13.2 Å². The van der Waals surface area contributed by atoms with E-state index in [2.05, 4.69) is 5.10 Å². The number of benzene rings is 2. The molecule has 35 heavy (non-hydrogen) atoms. The molecule has 9 heteroatoms. The van der Waals surface area contributed by atoms with E-state index in [1.807, 2.05) is 48.1 Å². The first-order valence-corrected chi connectivity index (χ1v) is 13.2. The average molecular weight is 497 g/mol. The Kier molecular flexibility index (Phi) is 7.57. The summed E-state index contributed by atoms with van der Waals surface area (Å²) in [5.41, 5.74) is 2.33. The molecule has 4 rings (SSSR count). The Bertz CT molecular complexity index is 1270. The molecule has 0 N–H and O–H groups in total. The van der Waals surface area contributed by atoms with Crippen LogP contribution in [0.15, 0.2) is 65.8 Å². The van der Waals surface area contributed by atoms with E-state index in [0.29, 0.717) is 25.2 Å².